The molecular weight excluding hydrogens is 266 g/mol. The molecule has 1 saturated carbocycles. The molecular formula is C17H25NO3. The minimum atomic E-state index is -0.501. The summed E-state index contributed by atoms with van der Waals surface area (Å²) in [7, 11) is 0. The van der Waals surface area contributed by atoms with Crippen molar-refractivity contribution in [3.05, 3.63) is 29.8 Å². The normalized spacial score (nSPS) is 24.0. The Bertz CT molecular complexity index is 456. The van der Waals surface area contributed by atoms with Crippen LogP contribution in [0.5, 0.6) is 0 Å². The van der Waals surface area contributed by atoms with Crippen molar-refractivity contribution < 1.29 is 14.6 Å². The van der Waals surface area contributed by atoms with Gasteiger partial charge in [0.25, 0.3) is 0 Å². The van der Waals surface area contributed by atoms with E-state index >= 15 is 0 Å². The van der Waals surface area contributed by atoms with Gasteiger partial charge < -0.3 is 9.84 Å². The van der Waals surface area contributed by atoms with Crippen LogP contribution in [0, 0.1) is 5.92 Å². The second-order valence-electron chi connectivity index (χ2n) is 6.06. The average molecular weight is 291 g/mol. The van der Waals surface area contributed by atoms with E-state index in [0.29, 0.717) is 5.69 Å². The first kappa shape index (κ1) is 15.8. The Balaban J connectivity index is 1.83. The van der Waals surface area contributed by atoms with Crippen LogP contribution >= 0.6 is 0 Å². The number of aliphatic hydroxyl groups excluding tert-OH is 1. The first-order valence-corrected chi connectivity index (χ1v) is 7.80. The fraction of sp³-hybridized carbons (Fsp3) is 0.588. The zero-order chi connectivity index (χ0) is 15.2. The molecule has 116 valence electrons. The number of carbonyl (C=O) groups is 1. The second-order valence-corrected chi connectivity index (χ2v) is 6.06. The molecule has 4 nitrogen and oxygen atoms in total. The highest BCUT2D eigenvalue weighted by Gasteiger charge is 2.19. The molecule has 4 heteroatoms. The van der Waals surface area contributed by atoms with E-state index in [2.05, 4.69) is 12.2 Å². The predicted molar refractivity (Wildman–Crippen MR) is 83.2 cm³/mol. The van der Waals surface area contributed by atoms with Crippen LogP contribution in [-0.2, 0) is 4.74 Å². The molecule has 2 rings (SSSR count). The number of aliphatic hydroxyl groups is 1. The van der Waals surface area contributed by atoms with Crippen molar-refractivity contribution in [1.29, 1.82) is 0 Å². The van der Waals surface area contributed by atoms with Crippen LogP contribution in [0.2, 0.25) is 0 Å². The topological polar surface area (TPSA) is 58.6 Å². The number of anilines is 1. The largest absolute Gasteiger partial charge is 0.446 e. The zero-order valence-electron chi connectivity index (χ0n) is 12.8. The Kier molecular flexibility index (Phi) is 5.62. The molecule has 0 saturated heterocycles. The summed E-state index contributed by atoms with van der Waals surface area (Å²) in [5.41, 5.74) is 1.51. The summed E-state index contributed by atoms with van der Waals surface area (Å²) in [6.07, 6.45) is 4.53. The first-order chi connectivity index (χ1) is 10.0. The molecule has 0 radical (unpaired) electrons. The third-order valence-electron chi connectivity index (χ3n) is 4.12. The monoisotopic (exact) mass is 291 g/mol. The third-order valence-corrected chi connectivity index (χ3v) is 4.12. The Morgan fingerprint density at radius 3 is 2.62 bits per heavy atom. The van der Waals surface area contributed by atoms with Gasteiger partial charge >= 0.3 is 6.09 Å². The van der Waals surface area contributed by atoms with Crippen LogP contribution < -0.4 is 5.32 Å². The van der Waals surface area contributed by atoms with Crippen molar-refractivity contribution in [3.63, 3.8) is 0 Å². The van der Waals surface area contributed by atoms with Gasteiger partial charge in [-0.25, -0.2) is 4.79 Å². The van der Waals surface area contributed by atoms with Gasteiger partial charge in [0.2, 0.25) is 0 Å². The highest BCUT2D eigenvalue weighted by Crippen LogP contribution is 2.25. The van der Waals surface area contributed by atoms with Crippen LogP contribution in [0.1, 0.15) is 57.6 Å². The van der Waals surface area contributed by atoms with E-state index in [0.717, 1.165) is 37.2 Å². The zero-order valence-corrected chi connectivity index (χ0v) is 12.8. The summed E-state index contributed by atoms with van der Waals surface area (Å²) in [5, 5.41) is 12.2. The van der Waals surface area contributed by atoms with Gasteiger partial charge in [0, 0.05) is 5.69 Å². The van der Waals surface area contributed by atoms with E-state index in [-0.39, 0.29) is 12.2 Å². The van der Waals surface area contributed by atoms with Gasteiger partial charge in [0.05, 0.1) is 6.10 Å². The van der Waals surface area contributed by atoms with Crippen LogP contribution in [0.15, 0.2) is 24.3 Å². The highest BCUT2D eigenvalue weighted by atomic mass is 16.6. The fourth-order valence-electron chi connectivity index (χ4n) is 2.71. The number of carbonyl (C=O) groups excluding carboxylic acids is 1. The minimum absolute atomic E-state index is 0.0340. The van der Waals surface area contributed by atoms with Crippen LogP contribution in [0.3, 0.4) is 0 Å². The summed E-state index contributed by atoms with van der Waals surface area (Å²) in [6, 6.07) is 7.15. The maximum atomic E-state index is 11.9. The molecule has 2 N–H and O–H groups in total. The maximum absolute atomic E-state index is 11.9. The van der Waals surface area contributed by atoms with E-state index in [4.69, 9.17) is 4.74 Å². The number of amides is 1. The third kappa shape index (κ3) is 5.05. The van der Waals surface area contributed by atoms with Crippen LogP contribution in [-0.4, -0.2) is 17.3 Å². The summed E-state index contributed by atoms with van der Waals surface area (Å²) in [6.45, 7) is 3.97. The molecule has 1 amide bonds. The summed E-state index contributed by atoms with van der Waals surface area (Å²) in [5.74, 6) is 0.731. The number of nitrogens with one attached hydrogen (secondary N) is 1. The van der Waals surface area contributed by atoms with Crippen LogP contribution in [0.25, 0.3) is 0 Å². The molecule has 0 bridgehead atoms. The van der Waals surface area contributed by atoms with Crippen molar-refractivity contribution in [1.82, 2.24) is 0 Å². The Labute approximate surface area is 126 Å². The van der Waals surface area contributed by atoms with Crippen molar-refractivity contribution >= 4 is 11.8 Å². The quantitative estimate of drug-likeness (QED) is 0.818. The standard InChI is InChI=1S/C17H25NO3/c1-12-4-3-5-16(11-6-12)21-17(20)18-15-9-7-14(8-10-15)13(2)19/h7-10,12-13,16,19H,3-6,11H2,1-2H3,(H,18,20). The van der Waals surface area contributed by atoms with Crippen molar-refractivity contribution in [2.75, 3.05) is 5.32 Å². The Morgan fingerprint density at radius 2 is 1.95 bits per heavy atom. The maximum Gasteiger partial charge on any atom is 0.411 e. The van der Waals surface area contributed by atoms with Gasteiger partial charge in [0.15, 0.2) is 0 Å². The first-order valence-electron chi connectivity index (χ1n) is 7.80. The smallest absolute Gasteiger partial charge is 0.411 e. The molecule has 1 aromatic rings. The Morgan fingerprint density at radius 1 is 1.24 bits per heavy atom. The van der Waals surface area contributed by atoms with E-state index in [1.165, 1.54) is 6.42 Å². The number of benzene rings is 1. The van der Waals surface area contributed by atoms with Gasteiger partial charge in [-0.15, -0.1) is 0 Å². The molecule has 0 heterocycles. The molecule has 0 aromatic heterocycles. The molecule has 1 aliphatic rings. The fourth-order valence-corrected chi connectivity index (χ4v) is 2.71. The lowest BCUT2D eigenvalue weighted by Gasteiger charge is -2.16. The number of ether oxygens (including phenoxy) is 1. The summed E-state index contributed by atoms with van der Waals surface area (Å²) in [4.78, 5) is 11.9. The number of hydrogen-bond acceptors (Lipinski definition) is 3. The molecule has 1 aromatic carbocycles. The molecule has 0 spiro atoms. The lowest BCUT2D eigenvalue weighted by atomic mass is 10.0. The summed E-state index contributed by atoms with van der Waals surface area (Å²) >= 11 is 0. The lowest BCUT2D eigenvalue weighted by Crippen LogP contribution is -2.22. The minimum Gasteiger partial charge on any atom is -0.446 e. The number of rotatable bonds is 3. The van der Waals surface area contributed by atoms with Crippen molar-refractivity contribution in [2.24, 2.45) is 5.92 Å². The SMILES string of the molecule is CC1CCCC(OC(=O)Nc2ccc(C(C)O)cc2)CC1. The average Bonchev–Trinajstić information content (AvgIpc) is 2.64. The van der Waals surface area contributed by atoms with Crippen LogP contribution in [0.4, 0.5) is 10.5 Å². The predicted octanol–water partition coefficient (Wildman–Crippen LogP) is 4.26. The molecule has 1 aliphatic carbocycles. The van der Waals surface area contributed by atoms with Gasteiger partial charge in [-0.1, -0.05) is 25.5 Å². The van der Waals surface area contributed by atoms with Gasteiger partial charge in [-0.3, -0.25) is 5.32 Å². The van der Waals surface area contributed by atoms with E-state index in [1.54, 1.807) is 31.2 Å². The van der Waals surface area contributed by atoms with E-state index < -0.39 is 6.10 Å². The second kappa shape index (κ2) is 7.46. The van der Waals surface area contributed by atoms with Gasteiger partial charge in [-0.2, -0.15) is 0 Å². The van der Waals surface area contributed by atoms with E-state index in [1.807, 2.05) is 0 Å². The Hall–Kier alpha value is -1.55. The summed E-state index contributed by atoms with van der Waals surface area (Å²) < 4.78 is 5.50. The lowest BCUT2D eigenvalue weighted by molar-refractivity contribution is 0.101. The number of hydrogen-bond donors (Lipinski definition) is 2. The molecule has 21 heavy (non-hydrogen) atoms. The van der Waals surface area contributed by atoms with E-state index in [9.17, 15) is 9.90 Å². The molecule has 1 fully saturated rings. The van der Waals surface area contributed by atoms with Gasteiger partial charge in [0.1, 0.15) is 6.10 Å². The molecule has 3 atom stereocenters. The van der Waals surface area contributed by atoms with Crippen molar-refractivity contribution in [3.8, 4) is 0 Å². The van der Waals surface area contributed by atoms with Gasteiger partial charge in [-0.05, 0) is 56.2 Å². The molecule has 3 unspecified atom stereocenters. The highest BCUT2D eigenvalue weighted by molar-refractivity contribution is 5.84. The molecule has 0 aliphatic heterocycles. The van der Waals surface area contributed by atoms with Crippen molar-refractivity contribution in [2.45, 2.75) is 58.2 Å².